The molecular weight excluding hydrogens is 340 g/mol. The second kappa shape index (κ2) is 7.39. The van der Waals surface area contributed by atoms with Gasteiger partial charge < -0.3 is 14.5 Å². The molecule has 1 N–H and O–H groups in total. The normalized spacial score (nSPS) is 25.7. The minimum Gasteiger partial charge on any atom is -0.504 e. The van der Waals surface area contributed by atoms with Crippen molar-refractivity contribution in [3.63, 3.8) is 0 Å². The molecule has 27 heavy (non-hydrogen) atoms. The van der Waals surface area contributed by atoms with E-state index in [2.05, 4.69) is 41.1 Å². The maximum absolute atomic E-state index is 12.4. The molecule has 2 aliphatic heterocycles. The number of hydrogen-bond donors (Lipinski definition) is 1. The molecule has 0 spiro atoms. The van der Waals surface area contributed by atoms with Crippen molar-refractivity contribution in [3.05, 3.63) is 47.4 Å². The number of H-pyrrole nitrogens is 1. The molecular formula is C22H28N2O3. The fourth-order valence-corrected chi connectivity index (χ4v) is 5.04. The summed E-state index contributed by atoms with van der Waals surface area (Å²) in [6, 6.07) is 8.85. The summed E-state index contributed by atoms with van der Waals surface area (Å²) in [5, 5.41) is 1.34. The number of methoxy groups -OCH3 is 2. The number of piperidine rings is 1. The first-order chi connectivity index (χ1) is 13.2. The highest BCUT2D eigenvalue weighted by molar-refractivity contribution is 5.89. The van der Waals surface area contributed by atoms with Gasteiger partial charge in [-0.15, -0.1) is 0 Å². The zero-order chi connectivity index (χ0) is 19.0. The van der Waals surface area contributed by atoms with E-state index in [1.165, 1.54) is 29.3 Å². The van der Waals surface area contributed by atoms with Gasteiger partial charge in [0.25, 0.3) is 0 Å². The highest BCUT2D eigenvalue weighted by Gasteiger charge is 2.42. The van der Waals surface area contributed by atoms with Crippen LogP contribution in [0.2, 0.25) is 0 Å². The third kappa shape index (κ3) is 3.04. The van der Waals surface area contributed by atoms with Gasteiger partial charge in [0, 0.05) is 29.7 Å². The van der Waals surface area contributed by atoms with Gasteiger partial charge in [-0.3, -0.25) is 4.90 Å². The van der Waals surface area contributed by atoms with Crippen LogP contribution in [0.4, 0.5) is 0 Å². The summed E-state index contributed by atoms with van der Waals surface area (Å²) in [6.07, 6.45) is 4.60. The molecule has 3 atom stereocenters. The topological polar surface area (TPSA) is 54.6 Å². The number of para-hydroxylation sites is 1. The van der Waals surface area contributed by atoms with Crippen molar-refractivity contribution in [3.8, 4) is 0 Å². The lowest BCUT2D eigenvalue weighted by Crippen LogP contribution is -2.47. The number of aromatic amines is 1. The summed E-state index contributed by atoms with van der Waals surface area (Å²) in [4.78, 5) is 18.7. The molecule has 0 amide bonds. The van der Waals surface area contributed by atoms with Crippen molar-refractivity contribution in [2.24, 2.45) is 11.8 Å². The fraction of sp³-hybridized carbons (Fsp3) is 0.500. The molecule has 1 saturated heterocycles. The molecule has 1 aromatic heterocycles. The first-order valence-corrected chi connectivity index (χ1v) is 9.82. The third-order valence-electron chi connectivity index (χ3n) is 6.37. The second-order valence-corrected chi connectivity index (χ2v) is 7.63. The summed E-state index contributed by atoms with van der Waals surface area (Å²) in [5.41, 5.74) is 4.63. The summed E-state index contributed by atoms with van der Waals surface area (Å²) in [6.45, 7) is 4.28. The Morgan fingerprint density at radius 3 is 2.89 bits per heavy atom. The second-order valence-electron chi connectivity index (χ2n) is 7.63. The van der Waals surface area contributed by atoms with E-state index < -0.39 is 0 Å². The van der Waals surface area contributed by atoms with E-state index in [4.69, 9.17) is 9.47 Å². The van der Waals surface area contributed by atoms with Crippen molar-refractivity contribution in [2.45, 2.75) is 32.2 Å². The van der Waals surface area contributed by atoms with Crippen molar-refractivity contribution < 1.29 is 14.3 Å². The van der Waals surface area contributed by atoms with Gasteiger partial charge in [-0.2, -0.15) is 0 Å². The highest BCUT2D eigenvalue weighted by atomic mass is 16.5. The Morgan fingerprint density at radius 2 is 2.15 bits per heavy atom. The zero-order valence-electron chi connectivity index (χ0n) is 16.3. The minimum absolute atomic E-state index is 0.140. The number of rotatable bonds is 4. The van der Waals surface area contributed by atoms with Crippen LogP contribution in [0.15, 0.2) is 36.1 Å². The van der Waals surface area contributed by atoms with Crippen molar-refractivity contribution in [1.29, 1.82) is 0 Å². The number of ether oxygens (including phenoxy) is 2. The number of carbonyl (C=O) groups is 1. The number of nitrogens with zero attached hydrogens (tertiary/aromatic N) is 1. The first-order valence-electron chi connectivity index (χ1n) is 9.82. The molecule has 1 fully saturated rings. The minimum atomic E-state index is -0.276. The molecule has 0 unspecified atom stereocenters. The van der Waals surface area contributed by atoms with Gasteiger partial charge in [0.1, 0.15) is 0 Å². The average Bonchev–Trinajstić information content (AvgIpc) is 3.09. The highest BCUT2D eigenvalue weighted by Crippen LogP contribution is 2.45. The number of carbonyl (C=O) groups excluding carboxylic acids is 1. The van der Waals surface area contributed by atoms with Gasteiger partial charge in [0.05, 0.1) is 32.1 Å². The molecule has 5 heteroatoms. The first kappa shape index (κ1) is 18.1. The van der Waals surface area contributed by atoms with Crippen LogP contribution < -0.4 is 0 Å². The molecule has 5 nitrogen and oxygen atoms in total. The third-order valence-corrected chi connectivity index (χ3v) is 6.37. The summed E-state index contributed by atoms with van der Waals surface area (Å²) in [5.74, 6) is 0.287. The van der Waals surface area contributed by atoms with Crippen LogP contribution >= 0.6 is 0 Å². The van der Waals surface area contributed by atoms with Crippen LogP contribution in [-0.4, -0.2) is 43.2 Å². The van der Waals surface area contributed by atoms with E-state index in [0.717, 1.165) is 32.4 Å². The molecule has 144 valence electrons. The number of benzene rings is 1. The van der Waals surface area contributed by atoms with E-state index in [1.54, 1.807) is 13.4 Å². The smallest absolute Gasteiger partial charge is 0.337 e. The van der Waals surface area contributed by atoms with E-state index in [0.29, 0.717) is 17.5 Å². The number of fused-ring (bicyclic) bond motifs is 5. The number of nitrogens with one attached hydrogen (secondary N) is 1. The molecule has 0 bridgehead atoms. The van der Waals surface area contributed by atoms with Gasteiger partial charge in [-0.05, 0) is 36.3 Å². The zero-order valence-corrected chi connectivity index (χ0v) is 16.3. The Labute approximate surface area is 160 Å². The molecule has 2 aromatic rings. The van der Waals surface area contributed by atoms with Crippen LogP contribution in [0.25, 0.3) is 10.9 Å². The van der Waals surface area contributed by atoms with E-state index in [1.807, 2.05) is 0 Å². The van der Waals surface area contributed by atoms with Crippen LogP contribution in [0.3, 0.4) is 0 Å². The summed E-state index contributed by atoms with van der Waals surface area (Å²) >= 11 is 0. The average molecular weight is 368 g/mol. The van der Waals surface area contributed by atoms with Crippen LogP contribution in [0.1, 0.15) is 37.1 Å². The molecule has 2 aliphatic rings. The maximum Gasteiger partial charge on any atom is 0.337 e. The Morgan fingerprint density at radius 1 is 1.33 bits per heavy atom. The van der Waals surface area contributed by atoms with Crippen molar-refractivity contribution >= 4 is 16.9 Å². The predicted molar refractivity (Wildman–Crippen MR) is 105 cm³/mol. The Hall–Kier alpha value is -2.27. The Bertz CT molecular complexity index is 870. The molecule has 1 aromatic carbocycles. The molecule has 0 saturated carbocycles. The van der Waals surface area contributed by atoms with Gasteiger partial charge in [-0.1, -0.05) is 31.5 Å². The molecule has 0 aliphatic carbocycles. The van der Waals surface area contributed by atoms with Gasteiger partial charge >= 0.3 is 5.97 Å². The number of hydrogen-bond acceptors (Lipinski definition) is 4. The predicted octanol–water partition coefficient (Wildman–Crippen LogP) is 3.82. The van der Waals surface area contributed by atoms with Crippen LogP contribution in [0.5, 0.6) is 0 Å². The van der Waals surface area contributed by atoms with Crippen molar-refractivity contribution in [1.82, 2.24) is 9.88 Å². The number of aromatic nitrogens is 1. The molecule has 3 heterocycles. The van der Waals surface area contributed by atoms with E-state index >= 15 is 0 Å². The Balaban J connectivity index is 1.73. The fourth-order valence-electron chi connectivity index (χ4n) is 5.04. The quantitative estimate of drug-likeness (QED) is 0.506. The van der Waals surface area contributed by atoms with Crippen LogP contribution in [-0.2, 0) is 20.7 Å². The monoisotopic (exact) mass is 368 g/mol. The van der Waals surface area contributed by atoms with Gasteiger partial charge in [-0.25, -0.2) is 4.79 Å². The summed E-state index contributed by atoms with van der Waals surface area (Å²) < 4.78 is 10.3. The van der Waals surface area contributed by atoms with E-state index in [9.17, 15) is 4.79 Å². The van der Waals surface area contributed by atoms with Crippen molar-refractivity contribution in [2.75, 3.05) is 27.3 Å². The van der Waals surface area contributed by atoms with Gasteiger partial charge in [0.2, 0.25) is 0 Å². The largest absolute Gasteiger partial charge is 0.504 e. The van der Waals surface area contributed by atoms with Gasteiger partial charge in [0.15, 0.2) is 0 Å². The lowest BCUT2D eigenvalue weighted by Gasteiger charge is -2.46. The lowest BCUT2D eigenvalue weighted by atomic mass is 9.74. The molecule has 0 radical (unpaired) electrons. The lowest BCUT2D eigenvalue weighted by molar-refractivity contribution is -0.137. The SMILES string of the molecule is CC[C@H]1CN2CCc3c([nH]c4ccccc34)[C@@H]2C[C@@H]1/C(=C\OC)C(=O)OC. The standard InChI is InChI=1S/C22H28N2O3/c1-4-14-12-24-10-9-16-15-7-5-6-8-19(15)23-21(16)20(24)11-17(14)18(13-26-2)22(25)27-3/h5-8,13-14,17,20,23H,4,9-12H2,1-3H3/b18-13+/t14-,17-,20-/m0/s1. The maximum atomic E-state index is 12.4. The number of esters is 1. The van der Waals surface area contributed by atoms with Crippen LogP contribution in [0, 0.1) is 11.8 Å². The Kier molecular flexibility index (Phi) is 4.96. The molecule has 4 rings (SSSR count). The summed E-state index contributed by atoms with van der Waals surface area (Å²) in [7, 11) is 3.04. The van der Waals surface area contributed by atoms with E-state index in [-0.39, 0.29) is 11.9 Å².